The zero-order valence-corrected chi connectivity index (χ0v) is 16.1. The van der Waals surface area contributed by atoms with Crippen LogP contribution in [0.5, 0.6) is 11.5 Å². The van der Waals surface area contributed by atoms with Gasteiger partial charge < -0.3 is 10.2 Å². The lowest BCUT2D eigenvalue weighted by Crippen LogP contribution is -1.97. The molecule has 0 aromatic heterocycles. The van der Waals surface area contributed by atoms with Gasteiger partial charge in [0.1, 0.15) is 11.5 Å². The molecule has 2 aromatic rings. The predicted molar refractivity (Wildman–Crippen MR) is 99.6 cm³/mol. The lowest BCUT2D eigenvalue weighted by Gasteiger charge is -2.17. The normalized spacial score (nSPS) is 10.9. The second kappa shape index (κ2) is 5.71. The maximum Gasteiger partial charge on any atom is 0.123 e. The summed E-state index contributed by atoms with van der Waals surface area (Å²) in [5.74, 6) is 0.723. The molecule has 0 heterocycles. The summed E-state index contributed by atoms with van der Waals surface area (Å²) in [6.07, 6.45) is 0. The molecule has 2 rings (SSSR count). The summed E-state index contributed by atoms with van der Waals surface area (Å²) < 4.78 is 2.11. The third-order valence-electron chi connectivity index (χ3n) is 3.59. The lowest BCUT2D eigenvalue weighted by molar-refractivity contribution is 0.465. The van der Waals surface area contributed by atoms with Gasteiger partial charge in [0.05, 0.1) is 0 Å². The molecule has 0 spiro atoms. The molecule has 2 aromatic carbocycles. The molecule has 0 radical (unpaired) electrons. The number of phenols is 2. The number of rotatable bonds is 1. The molecule has 0 aliphatic heterocycles. The Kier molecular flexibility index (Phi) is 4.53. The smallest absolute Gasteiger partial charge is 0.123 e. The van der Waals surface area contributed by atoms with Gasteiger partial charge in [0.15, 0.2) is 0 Å². The maximum atomic E-state index is 10.1. The van der Waals surface area contributed by atoms with Crippen LogP contribution in [0.25, 0.3) is 11.1 Å². The minimum absolute atomic E-state index is 0.353. The minimum Gasteiger partial charge on any atom is -0.507 e. The van der Waals surface area contributed by atoms with Gasteiger partial charge in [-0.1, -0.05) is 0 Å². The van der Waals surface area contributed by atoms with Crippen LogP contribution in [0.2, 0.25) is 0 Å². The van der Waals surface area contributed by atoms with E-state index in [-0.39, 0.29) is 0 Å². The molecule has 2 nitrogen and oxygen atoms in total. The van der Waals surface area contributed by atoms with E-state index in [1.165, 1.54) is 0 Å². The summed E-state index contributed by atoms with van der Waals surface area (Å²) in [7, 11) is 0. The average molecular weight is 494 g/mol. The molecule has 20 heavy (non-hydrogen) atoms. The van der Waals surface area contributed by atoms with Crippen LogP contribution in [0.15, 0.2) is 12.1 Å². The molecule has 0 atom stereocenters. The Labute approximate surface area is 146 Å². The van der Waals surface area contributed by atoms with Crippen LogP contribution in [0.4, 0.5) is 0 Å². The monoisotopic (exact) mass is 494 g/mol. The highest BCUT2D eigenvalue weighted by Crippen LogP contribution is 2.41. The van der Waals surface area contributed by atoms with Crippen LogP contribution in [-0.2, 0) is 0 Å². The first-order chi connectivity index (χ1) is 9.25. The first-order valence-corrected chi connectivity index (χ1v) is 8.39. The van der Waals surface area contributed by atoms with E-state index in [0.717, 1.165) is 40.5 Å². The number of hydrogen-bond donors (Lipinski definition) is 2. The third kappa shape index (κ3) is 2.52. The Morgan fingerprint density at radius 2 is 1.15 bits per heavy atom. The van der Waals surface area contributed by atoms with E-state index in [4.69, 9.17) is 0 Å². The molecule has 0 fully saturated rings. The molecule has 0 unspecified atom stereocenters. The molecule has 0 saturated heterocycles. The largest absolute Gasteiger partial charge is 0.507 e. The quantitative estimate of drug-likeness (QED) is 0.535. The molecule has 2 N–H and O–H groups in total. The topological polar surface area (TPSA) is 40.5 Å². The summed E-state index contributed by atoms with van der Waals surface area (Å²) in [6, 6.07) is 4.00. The highest BCUT2D eigenvalue weighted by molar-refractivity contribution is 14.1. The van der Waals surface area contributed by atoms with Crippen molar-refractivity contribution in [1.82, 2.24) is 0 Å². The summed E-state index contributed by atoms with van der Waals surface area (Å²) in [4.78, 5) is 0. The lowest BCUT2D eigenvalue weighted by atomic mass is 9.96. The van der Waals surface area contributed by atoms with Crippen molar-refractivity contribution in [3.05, 3.63) is 41.5 Å². The molecule has 0 bridgehead atoms. The molecular formula is C16H16I2O2. The summed E-state index contributed by atoms with van der Waals surface area (Å²) in [5, 5.41) is 20.1. The Bertz CT molecular complexity index is 654. The van der Waals surface area contributed by atoms with Gasteiger partial charge in [0.25, 0.3) is 0 Å². The predicted octanol–water partition coefficient (Wildman–Crippen LogP) is 5.21. The van der Waals surface area contributed by atoms with Gasteiger partial charge in [-0.3, -0.25) is 0 Å². The highest BCUT2D eigenvalue weighted by Gasteiger charge is 2.18. The first-order valence-electron chi connectivity index (χ1n) is 6.23. The van der Waals surface area contributed by atoms with Crippen molar-refractivity contribution in [1.29, 1.82) is 0 Å². The summed E-state index contributed by atoms with van der Waals surface area (Å²) >= 11 is 4.56. The molecule has 0 aliphatic rings. The van der Waals surface area contributed by atoms with Crippen LogP contribution in [0.3, 0.4) is 0 Å². The van der Waals surface area contributed by atoms with Crippen molar-refractivity contribution in [3.63, 3.8) is 0 Å². The SMILES string of the molecule is Cc1cc(-c2c(I)c(C)c(O)c(C)c2I)cc(C)c1O. The zero-order chi connectivity index (χ0) is 15.2. The van der Waals surface area contributed by atoms with Gasteiger partial charge in [-0.2, -0.15) is 0 Å². The van der Waals surface area contributed by atoms with E-state index >= 15 is 0 Å². The Morgan fingerprint density at radius 1 is 0.750 bits per heavy atom. The molecule has 0 amide bonds. The molecule has 106 valence electrons. The minimum atomic E-state index is 0.353. The average Bonchev–Trinajstić information content (AvgIpc) is 2.40. The van der Waals surface area contributed by atoms with Gasteiger partial charge in [-0.05, 0) is 102 Å². The molecule has 0 saturated carbocycles. The van der Waals surface area contributed by atoms with Crippen molar-refractivity contribution in [2.24, 2.45) is 0 Å². The van der Waals surface area contributed by atoms with E-state index in [0.29, 0.717) is 11.5 Å². The standard InChI is InChI=1S/C16H16I2O2/c1-7-5-11(6-8(2)15(7)19)12-13(17)9(3)16(20)10(4)14(12)18/h5-6,19-20H,1-4H3. The van der Waals surface area contributed by atoms with Crippen molar-refractivity contribution in [2.75, 3.05) is 0 Å². The number of benzene rings is 2. The Hall–Kier alpha value is -0.500. The van der Waals surface area contributed by atoms with Crippen molar-refractivity contribution in [2.45, 2.75) is 27.7 Å². The summed E-state index contributed by atoms with van der Waals surface area (Å²) in [5.41, 5.74) is 5.76. The van der Waals surface area contributed by atoms with Crippen LogP contribution in [0.1, 0.15) is 22.3 Å². The van der Waals surface area contributed by atoms with E-state index in [9.17, 15) is 10.2 Å². The Balaban J connectivity index is 2.83. The van der Waals surface area contributed by atoms with E-state index in [2.05, 4.69) is 45.2 Å². The highest BCUT2D eigenvalue weighted by atomic mass is 127. The second-order valence-corrected chi connectivity index (χ2v) is 7.22. The maximum absolute atomic E-state index is 10.1. The second-order valence-electron chi connectivity index (χ2n) is 5.06. The van der Waals surface area contributed by atoms with Gasteiger partial charge in [0, 0.05) is 23.8 Å². The first kappa shape index (κ1) is 15.9. The third-order valence-corrected chi connectivity index (χ3v) is 6.28. The molecule has 4 heteroatoms. The fourth-order valence-corrected chi connectivity index (χ4v) is 4.50. The molecular weight excluding hydrogens is 478 g/mol. The zero-order valence-electron chi connectivity index (χ0n) is 11.8. The van der Waals surface area contributed by atoms with Gasteiger partial charge in [0.2, 0.25) is 0 Å². The number of hydrogen-bond acceptors (Lipinski definition) is 2. The number of aromatic hydroxyl groups is 2. The fourth-order valence-electron chi connectivity index (χ4n) is 2.31. The van der Waals surface area contributed by atoms with Crippen LogP contribution < -0.4 is 0 Å². The number of aryl methyl sites for hydroxylation is 2. The van der Waals surface area contributed by atoms with Crippen molar-refractivity contribution < 1.29 is 10.2 Å². The van der Waals surface area contributed by atoms with E-state index in [1.807, 2.05) is 39.8 Å². The van der Waals surface area contributed by atoms with Gasteiger partial charge >= 0.3 is 0 Å². The van der Waals surface area contributed by atoms with E-state index < -0.39 is 0 Å². The van der Waals surface area contributed by atoms with Gasteiger partial charge in [-0.25, -0.2) is 0 Å². The van der Waals surface area contributed by atoms with Crippen LogP contribution >= 0.6 is 45.2 Å². The van der Waals surface area contributed by atoms with Gasteiger partial charge in [-0.15, -0.1) is 0 Å². The number of halogens is 2. The molecule has 0 aliphatic carbocycles. The Morgan fingerprint density at radius 3 is 1.55 bits per heavy atom. The van der Waals surface area contributed by atoms with Crippen LogP contribution in [0, 0.1) is 34.8 Å². The fraction of sp³-hybridized carbons (Fsp3) is 0.250. The van der Waals surface area contributed by atoms with E-state index in [1.54, 1.807) is 0 Å². The number of phenolic OH excluding ortho intramolecular Hbond substituents is 2. The van der Waals surface area contributed by atoms with Crippen LogP contribution in [-0.4, -0.2) is 10.2 Å². The van der Waals surface area contributed by atoms with Crippen molar-refractivity contribution in [3.8, 4) is 22.6 Å². The summed E-state index contributed by atoms with van der Waals surface area (Å²) in [6.45, 7) is 7.69. The van der Waals surface area contributed by atoms with Crippen molar-refractivity contribution >= 4 is 45.2 Å².